The van der Waals surface area contributed by atoms with E-state index in [1.807, 2.05) is 66.9 Å². The van der Waals surface area contributed by atoms with Gasteiger partial charge in [0.25, 0.3) is 0 Å². The molecule has 3 amide bonds. The highest BCUT2D eigenvalue weighted by Crippen LogP contribution is 2.08. The predicted molar refractivity (Wildman–Crippen MR) is 131 cm³/mol. The summed E-state index contributed by atoms with van der Waals surface area (Å²) in [6.07, 6.45) is 3.66. The van der Waals surface area contributed by atoms with E-state index in [-0.39, 0.29) is 12.3 Å². The minimum absolute atomic E-state index is 0.255. The van der Waals surface area contributed by atoms with Crippen LogP contribution >= 0.6 is 11.8 Å². The van der Waals surface area contributed by atoms with Crippen LogP contribution in [0.15, 0.2) is 60.7 Å². The Bertz CT molecular complexity index is 908. The topological polar surface area (TPSA) is 104 Å². The Hall–Kier alpha value is -3.13. The maximum Gasteiger partial charge on any atom is 0.243 e. The summed E-state index contributed by atoms with van der Waals surface area (Å²) in [6, 6.07) is 16.3. The Labute approximate surface area is 199 Å². The quantitative estimate of drug-likeness (QED) is 0.389. The van der Waals surface area contributed by atoms with Crippen molar-refractivity contribution in [2.75, 3.05) is 12.0 Å². The van der Waals surface area contributed by atoms with Gasteiger partial charge in [0.05, 0.1) is 6.04 Å². The van der Waals surface area contributed by atoms with Crippen molar-refractivity contribution < 1.29 is 19.2 Å². The summed E-state index contributed by atoms with van der Waals surface area (Å²) >= 11 is 1.57. The molecular weight excluding hydrogens is 438 g/mol. The van der Waals surface area contributed by atoms with Crippen molar-refractivity contribution in [2.45, 2.75) is 44.3 Å². The van der Waals surface area contributed by atoms with E-state index in [0.717, 1.165) is 11.1 Å². The van der Waals surface area contributed by atoms with Crippen molar-refractivity contribution >= 4 is 35.8 Å². The number of carbonyl (C=O) groups excluding carboxylic acids is 4. The summed E-state index contributed by atoms with van der Waals surface area (Å²) in [5.74, 6) is -0.519. The van der Waals surface area contributed by atoms with Gasteiger partial charge in [-0.25, -0.2) is 0 Å². The second kappa shape index (κ2) is 14.1. The van der Waals surface area contributed by atoms with Gasteiger partial charge < -0.3 is 20.7 Å². The molecule has 0 spiro atoms. The Kier molecular flexibility index (Phi) is 11.2. The summed E-state index contributed by atoms with van der Waals surface area (Å²) in [4.78, 5) is 49.3. The third-order valence-corrected chi connectivity index (χ3v) is 5.65. The number of hydrogen-bond donors (Lipinski definition) is 3. The second-order valence-corrected chi connectivity index (χ2v) is 8.71. The molecule has 7 nitrogen and oxygen atoms in total. The standard InChI is InChI=1S/C25H31N3O4S/c1-18(30)26-22(13-14-33-2)24(31)28-23(16-20-11-7-4-8-12-20)25(32)27-21(17-29)15-19-9-5-3-6-10-19/h3-12,17,21-23H,13-16H2,1-2H3,(H,26,30)(H,27,32)(H,28,31)/t21-,22-,23-/m0/s1. The first-order valence-corrected chi connectivity index (χ1v) is 12.2. The maximum atomic E-state index is 13.1. The van der Waals surface area contributed by atoms with Crippen LogP contribution in [0, 0.1) is 0 Å². The van der Waals surface area contributed by atoms with E-state index in [9.17, 15) is 19.2 Å². The highest BCUT2D eigenvalue weighted by Gasteiger charge is 2.27. The van der Waals surface area contributed by atoms with Crippen LogP contribution in [0.25, 0.3) is 0 Å². The van der Waals surface area contributed by atoms with Crippen LogP contribution in [0.1, 0.15) is 24.5 Å². The highest BCUT2D eigenvalue weighted by atomic mass is 32.2. The molecule has 0 aliphatic carbocycles. The van der Waals surface area contributed by atoms with E-state index in [0.29, 0.717) is 24.9 Å². The van der Waals surface area contributed by atoms with Crippen molar-refractivity contribution in [3.05, 3.63) is 71.8 Å². The van der Waals surface area contributed by atoms with Crippen molar-refractivity contribution in [1.82, 2.24) is 16.0 Å². The van der Waals surface area contributed by atoms with Gasteiger partial charge in [0.15, 0.2) is 0 Å². The predicted octanol–water partition coefficient (Wildman–Crippen LogP) is 1.90. The van der Waals surface area contributed by atoms with Crippen LogP contribution in [-0.4, -0.2) is 54.1 Å². The fourth-order valence-corrected chi connectivity index (χ4v) is 3.84. The molecule has 33 heavy (non-hydrogen) atoms. The lowest BCUT2D eigenvalue weighted by atomic mass is 10.0. The monoisotopic (exact) mass is 469 g/mol. The summed E-state index contributed by atoms with van der Waals surface area (Å²) in [6.45, 7) is 1.35. The van der Waals surface area contributed by atoms with E-state index in [2.05, 4.69) is 16.0 Å². The van der Waals surface area contributed by atoms with Gasteiger partial charge in [0.2, 0.25) is 17.7 Å². The van der Waals surface area contributed by atoms with Crippen molar-refractivity contribution in [2.24, 2.45) is 0 Å². The zero-order valence-corrected chi connectivity index (χ0v) is 19.8. The van der Waals surface area contributed by atoms with Gasteiger partial charge in [-0.2, -0.15) is 11.8 Å². The number of nitrogens with one attached hydrogen (secondary N) is 3. The maximum absolute atomic E-state index is 13.1. The molecule has 0 heterocycles. The molecule has 0 aliphatic heterocycles. The Morgan fingerprint density at radius 1 is 0.818 bits per heavy atom. The summed E-state index contributed by atoms with van der Waals surface area (Å²) in [5, 5.41) is 8.19. The lowest BCUT2D eigenvalue weighted by molar-refractivity contribution is -0.132. The molecule has 3 N–H and O–H groups in total. The first kappa shape index (κ1) is 26.1. The smallest absolute Gasteiger partial charge is 0.243 e. The first-order valence-electron chi connectivity index (χ1n) is 10.8. The molecule has 0 unspecified atom stereocenters. The van der Waals surface area contributed by atoms with Crippen LogP contribution < -0.4 is 16.0 Å². The molecule has 3 atom stereocenters. The largest absolute Gasteiger partial charge is 0.345 e. The number of benzene rings is 2. The summed E-state index contributed by atoms with van der Waals surface area (Å²) in [7, 11) is 0. The third kappa shape index (κ3) is 9.49. The highest BCUT2D eigenvalue weighted by molar-refractivity contribution is 7.98. The third-order valence-electron chi connectivity index (χ3n) is 5.01. The first-order chi connectivity index (χ1) is 15.9. The number of carbonyl (C=O) groups is 4. The molecule has 0 saturated carbocycles. The minimum Gasteiger partial charge on any atom is -0.345 e. The lowest BCUT2D eigenvalue weighted by Crippen LogP contribution is -2.56. The number of hydrogen-bond acceptors (Lipinski definition) is 5. The summed E-state index contributed by atoms with van der Waals surface area (Å²) in [5.41, 5.74) is 1.78. The molecule has 0 aliphatic rings. The molecule has 0 bridgehead atoms. The average molecular weight is 470 g/mol. The molecule has 0 aromatic heterocycles. The van der Waals surface area contributed by atoms with E-state index in [1.165, 1.54) is 6.92 Å². The zero-order chi connectivity index (χ0) is 24.1. The van der Waals surface area contributed by atoms with Crippen molar-refractivity contribution in [1.29, 1.82) is 0 Å². The number of thioether (sulfide) groups is 1. The Morgan fingerprint density at radius 2 is 1.36 bits per heavy atom. The van der Waals surface area contributed by atoms with E-state index in [4.69, 9.17) is 0 Å². The fourth-order valence-electron chi connectivity index (χ4n) is 3.37. The zero-order valence-electron chi connectivity index (χ0n) is 19.0. The van der Waals surface area contributed by atoms with Gasteiger partial charge in [-0.05, 0) is 36.0 Å². The second-order valence-electron chi connectivity index (χ2n) is 7.73. The lowest BCUT2D eigenvalue weighted by Gasteiger charge is -2.24. The summed E-state index contributed by atoms with van der Waals surface area (Å²) < 4.78 is 0. The van der Waals surface area contributed by atoms with Crippen molar-refractivity contribution in [3.8, 4) is 0 Å². The van der Waals surface area contributed by atoms with Gasteiger partial charge in [0.1, 0.15) is 18.4 Å². The molecule has 0 fully saturated rings. The Balaban J connectivity index is 2.15. The Morgan fingerprint density at radius 3 is 1.88 bits per heavy atom. The van der Waals surface area contributed by atoms with E-state index in [1.54, 1.807) is 11.8 Å². The molecule has 8 heteroatoms. The van der Waals surface area contributed by atoms with Crippen LogP contribution in [0.5, 0.6) is 0 Å². The minimum atomic E-state index is -0.899. The van der Waals surface area contributed by atoms with Crippen LogP contribution in [0.4, 0.5) is 0 Å². The van der Waals surface area contributed by atoms with Gasteiger partial charge in [-0.15, -0.1) is 0 Å². The molecule has 0 saturated heterocycles. The van der Waals surface area contributed by atoms with Gasteiger partial charge in [-0.3, -0.25) is 14.4 Å². The molecule has 176 valence electrons. The van der Waals surface area contributed by atoms with Crippen LogP contribution in [0.2, 0.25) is 0 Å². The molecule has 0 radical (unpaired) electrons. The van der Waals surface area contributed by atoms with Gasteiger partial charge >= 0.3 is 0 Å². The van der Waals surface area contributed by atoms with E-state index < -0.39 is 29.9 Å². The van der Waals surface area contributed by atoms with Gasteiger partial charge in [-0.1, -0.05) is 60.7 Å². The molecule has 2 aromatic rings. The van der Waals surface area contributed by atoms with E-state index >= 15 is 0 Å². The van der Waals surface area contributed by atoms with Crippen LogP contribution in [0.3, 0.4) is 0 Å². The normalized spacial score (nSPS) is 13.3. The van der Waals surface area contributed by atoms with Crippen molar-refractivity contribution in [3.63, 3.8) is 0 Å². The number of aldehydes is 1. The molecule has 2 rings (SSSR count). The number of amides is 3. The van der Waals surface area contributed by atoms with Gasteiger partial charge in [0, 0.05) is 13.3 Å². The average Bonchev–Trinajstić information content (AvgIpc) is 2.81. The van der Waals surface area contributed by atoms with Crippen LogP contribution in [-0.2, 0) is 32.0 Å². The number of rotatable bonds is 13. The molecule has 2 aromatic carbocycles. The molecular formula is C25H31N3O4S. The fraction of sp³-hybridized carbons (Fsp3) is 0.360. The SMILES string of the molecule is CSCC[C@H](NC(C)=O)C(=O)N[C@@H](Cc1ccccc1)C(=O)N[C@H](C=O)Cc1ccccc1.